The first-order chi connectivity index (χ1) is 12.5. The van der Waals surface area contributed by atoms with Crippen molar-refractivity contribution in [3.63, 3.8) is 0 Å². The van der Waals surface area contributed by atoms with Crippen molar-refractivity contribution in [2.24, 2.45) is 0 Å². The summed E-state index contributed by atoms with van der Waals surface area (Å²) in [7, 11) is 0. The lowest BCUT2D eigenvalue weighted by Gasteiger charge is -2.04. The van der Waals surface area contributed by atoms with Gasteiger partial charge in [-0.25, -0.2) is 4.98 Å². The van der Waals surface area contributed by atoms with Crippen molar-refractivity contribution in [2.75, 3.05) is 0 Å². The van der Waals surface area contributed by atoms with E-state index in [0.717, 1.165) is 33.7 Å². The normalized spacial score (nSPS) is 12.4. The zero-order chi connectivity index (χ0) is 18.3. The average molecular weight is 345 g/mol. The van der Waals surface area contributed by atoms with Crippen LogP contribution in [-0.2, 0) is 0 Å². The Hall–Kier alpha value is -3.14. The van der Waals surface area contributed by atoms with Crippen molar-refractivity contribution in [1.29, 1.82) is 0 Å². The molecule has 0 spiro atoms. The molecule has 0 aliphatic rings. The minimum Gasteiger partial charge on any atom is -0.460 e. The van der Waals surface area contributed by atoms with E-state index in [1.807, 2.05) is 62.4 Å². The van der Waals surface area contributed by atoms with Crippen LogP contribution in [0.5, 0.6) is 0 Å². The maximum Gasteiger partial charge on any atom is 0.226 e. The Labute approximate surface area is 151 Å². The van der Waals surface area contributed by atoms with Gasteiger partial charge in [-0.3, -0.25) is 4.79 Å². The highest BCUT2D eigenvalue weighted by Crippen LogP contribution is 2.33. The Bertz CT molecular complexity index is 1090. The number of nitrogens with zero attached hydrogens (tertiary/aromatic N) is 1. The van der Waals surface area contributed by atoms with Crippen LogP contribution in [0.4, 0.5) is 0 Å². The molecular weight excluding hydrogens is 326 g/mol. The highest BCUT2D eigenvalue weighted by Gasteiger charge is 2.22. The fraction of sp³-hybridized carbons (Fsp3) is 0.182. The first kappa shape index (κ1) is 16.3. The summed E-state index contributed by atoms with van der Waals surface area (Å²) in [5, 5.41) is 0.920. The molecule has 4 nitrogen and oxygen atoms in total. The monoisotopic (exact) mass is 345 g/mol. The van der Waals surface area contributed by atoms with Crippen LogP contribution in [-0.4, -0.2) is 10.8 Å². The Morgan fingerprint density at radius 1 is 1.04 bits per heavy atom. The van der Waals surface area contributed by atoms with Gasteiger partial charge in [0.25, 0.3) is 0 Å². The lowest BCUT2D eigenvalue weighted by Crippen LogP contribution is -1.96. The fourth-order valence-corrected chi connectivity index (χ4v) is 3.15. The summed E-state index contributed by atoms with van der Waals surface area (Å²) in [5.41, 5.74) is 3.25. The summed E-state index contributed by atoms with van der Waals surface area (Å²) >= 11 is 0. The number of ketones is 1. The smallest absolute Gasteiger partial charge is 0.226 e. The molecule has 2 aromatic carbocycles. The lowest BCUT2D eigenvalue weighted by atomic mass is 10.0. The zero-order valence-corrected chi connectivity index (χ0v) is 14.9. The van der Waals surface area contributed by atoms with E-state index in [1.165, 1.54) is 0 Å². The fourth-order valence-electron chi connectivity index (χ4n) is 3.15. The minimum atomic E-state index is -0.0515. The van der Waals surface area contributed by atoms with Crippen molar-refractivity contribution >= 4 is 16.8 Å². The molecule has 4 rings (SSSR count). The number of hydrogen-bond acceptors (Lipinski definition) is 4. The second-order valence-corrected chi connectivity index (χ2v) is 6.51. The molecular formula is C22H19NO3. The molecule has 1 unspecified atom stereocenters. The van der Waals surface area contributed by atoms with Gasteiger partial charge in [-0.15, -0.1) is 0 Å². The van der Waals surface area contributed by atoms with Gasteiger partial charge in [0.2, 0.25) is 5.89 Å². The molecule has 0 N–H and O–H groups in total. The topological polar surface area (TPSA) is 56.2 Å². The number of carbonyl (C=O) groups excluding carboxylic acids is 1. The summed E-state index contributed by atoms with van der Waals surface area (Å²) in [6, 6.07) is 17.3. The number of rotatable bonds is 4. The number of hydrogen-bond donors (Lipinski definition) is 0. The van der Waals surface area contributed by atoms with E-state index >= 15 is 0 Å². The number of aryl methyl sites for hydroxylation is 1. The molecule has 2 aromatic heterocycles. The van der Waals surface area contributed by atoms with E-state index in [-0.39, 0.29) is 11.7 Å². The van der Waals surface area contributed by atoms with Gasteiger partial charge in [0.05, 0.1) is 11.6 Å². The summed E-state index contributed by atoms with van der Waals surface area (Å²) in [6.45, 7) is 5.53. The number of carbonyl (C=O) groups is 1. The van der Waals surface area contributed by atoms with E-state index in [0.29, 0.717) is 11.5 Å². The number of Topliss-reactive ketones (excluding diaryl/α,β-unsaturated/α-hetero) is 1. The zero-order valence-electron chi connectivity index (χ0n) is 14.9. The largest absolute Gasteiger partial charge is 0.460 e. The van der Waals surface area contributed by atoms with Crippen LogP contribution >= 0.6 is 0 Å². The number of oxazole rings is 1. The number of fused-ring (bicyclic) bond motifs is 1. The highest BCUT2D eigenvalue weighted by atomic mass is 16.4. The first-order valence-corrected chi connectivity index (χ1v) is 8.60. The maximum atomic E-state index is 11.6. The molecule has 2 heterocycles. The van der Waals surface area contributed by atoms with Crippen LogP contribution in [0, 0.1) is 6.92 Å². The minimum absolute atomic E-state index is 0.0440. The van der Waals surface area contributed by atoms with Crippen LogP contribution in [0.1, 0.15) is 47.3 Å². The number of aromatic nitrogens is 1. The molecule has 4 heteroatoms. The highest BCUT2D eigenvalue weighted by molar-refractivity contribution is 5.97. The third-order valence-corrected chi connectivity index (χ3v) is 4.63. The van der Waals surface area contributed by atoms with Gasteiger partial charge in [-0.2, -0.15) is 0 Å². The van der Waals surface area contributed by atoms with Crippen molar-refractivity contribution in [3.05, 3.63) is 77.4 Å². The van der Waals surface area contributed by atoms with E-state index in [9.17, 15) is 4.79 Å². The SMILES string of the molecule is CC(=O)c1ccc2oc(C(C)c3nc(-c4ccccc4)oc3C)cc2c1. The maximum absolute atomic E-state index is 11.6. The van der Waals surface area contributed by atoms with E-state index in [1.54, 1.807) is 13.0 Å². The summed E-state index contributed by atoms with van der Waals surface area (Å²) in [5.74, 6) is 2.19. The Morgan fingerprint density at radius 2 is 1.81 bits per heavy atom. The van der Waals surface area contributed by atoms with Gasteiger partial charge in [-0.05, 0) is 57.2 Å². The van der Waals surface area contributed by atoms with Gasteiger partial charge in [0, 0.05) is 16.5 Å². The molecule has 0 aliphatic heterocycles. The molecule has 0 saturated heterocycles. The predicted octanol–water partition coefficient (Wildman–Crippen LogP) is 5.75. The van der Waals surface area contributed by atoms with Crippen LogP contribution in [0.3, 0.4) is 0 Å². The van der Waals surface area contributed by atoms with Crippen LogP contribution < -0.4 is 0 Å². The molecule has 0 amide bonds. The Balaban J connectivity index is 1.71. The van der Waals surface area contributed by atoms with Gasteiger partial charge >= 0.3 is 0 Å². The van der Waals surface area contributed by atoms with Gasteiger partial charge in [0.15, 0.2) is 5.78 Å². The van der Waals surface area contributed by atoms with Crippen LogP contribution in [0.15, 0.2) is 63.4 Å². The molecule has 0 saturated carbocycles. The molecule has 26 heavy (non-hydrogen) atoms. The molecule has 130 valence electrons. The van der Waals surface area contributed by atoms with Crippen molar-refractivity contribution in [3.8, 4) is 11.5 Å². The Kier molecular flexibility index (Phi) is 3.96. The average Bonchev–Trinajstić information content (AvgIpc) is 3.24. The third-order valence-electron chi connectivity index (χ3n) is 4.63. The van der Waals surface area contributed by atoms with Gasteiger partial charge < -0.3 is 8.83 Å². The second-order valence-electron chi connectivity index (χ2n) is 6.51. The molecule has 0 radical (unpaired) electrons. The van der Waals surface area contributed by atoms with Crippen molar-refractivity contribution < 1.29 is 13.6 Å². The van der Waals surface area contributed by atoms with Crippen molar-refractivity contribution in [1.82, 2.24) is 4.98 Å². The third kappa shape index (κ3) is 2.84. The lowest BCUT2D eigenvalue weighted by molar-refractivity contribution is 0.101. The number of furan rings is 1. The van der Waals surface area contributed by atoms with E-state index < -0.39 is 0 Å². The molecule has 1 atom stereocenters. The second kappa shape index (κ2) is 6.30. The quantitative estimate of drug-likeness (QED) is 0.442. The number of benzene rings is 2. The summed E-state index contributed by atoms with van der Waals surface area (Å²) in [4.78, 5) is 16.3. The van der Waals surface area contributed by atoms with Gasteiger partial charge in [0.1, 0.15) is 17.1 Å². The molecule has 0 aliphatic carbocycles. The molecule has 0 fully saturated rings. The first-order valence-electron chi connectivity index (χ1n) is 8.60. The van der Waals surface area contributed by atoms with Crippen LogP contribution in [0.2, 0.25) is 0 Å². The molecule has 0 bridgehead atoms. The van der Waals surface area contributed by atoms with Crippen molar-refractivity contribution in [2.45, 2.75) is 26.7 Å². The summed E-state index contributed by atoms with van der Waals surface area (Å²) < 4.78 is 11.9. The van der Waals surface area contributed by atoms with Gasteiger partial charge in [-0.1, -0.05) is 18.2 Å². The van der Waals surface area contributed by atoms with E-state index in [4.69, 9.17) is 13.8 Å². The van der Waals surface area contributed by atoms with E-state index in [2.05, 4.69) is 0 Å². The molecule has 4 aromatic rings. The summed E-state index contributed by atoms with van der Waals surface area (Å²) in [6.07, 6.45) is 0. The Morgan fingerprint density at radius 3 is 2.54 bits per heavy atom. The van der Waals surface area contributed by atoms with Crippen LogP contribution in [0.25, 0.3) is 22.4 Å². The predicted molar refractivity (Wildman–Crippen MR) is 100 cm³/mol. The standard InChI is InChI=1S/C22H19NO3/c1-13(20-12-18-11-17(14(2)24)9-10-19(18)26-20)21-15(3)25-22(23-21)16-7-5-4-6-8-16/h4-13H,1-3H3.